The number of hydrogen-bond donors (Lipinski definition) is 2. The summed E-state index contributed by atoms with van der Waals surface area (Å²) >= 11 is 0. The standard InChI is InChI=1S/C23H18F3N5O2/c1-11-21(12(2)31(30-11)10-13-6-7-15(24)17(26)8-13)29-23(33)19-9-14(22(27)32)20-16(25)4-3-5-18(20)28-19/h3-9H,10H2,1-2H3,(H2,27,32)(H,29,33). The number of pyridine rings is 1. The third-order valence-electron chi connectivity index (χ3n) is 5.22. The van der Waals surface area contributed by atoms with Crippen LogP contribution < -0.4 is 11.1 Å². The van der Waals surface area contributed by atoms with Crippen LogP contribution in [-0.2, 0) is 6.54 Å². The van der Waals surface area contributed by atoms with Crippen LogP contribution in [0, 0.1) is 31.3 Å². The molecule has 0 unspecified atom stereocenters. The van der Waals surface area contributed by atoms with Crippen LogP contribution in [0.25, 0.3) is 10.9 Å². The number of aryl methyl sites for hydroxylation is 1. The molecule has 0 bridgehead atoms. The highest BCUT2D eigenvalue weighted by Crippen LogP contribution is 2.24. The van der Waals surface area contributed by atoms with Crippen molar-refractivity contribution in [2.75, 3.05) is 5.32 Å². The van der Waals surface area contributed by atoms with Gasteiger partial charge in [0.05, 0.1) is 34.7 Å². The first kappa shape index (κ1) is 22.0. The largest absolute Gasteiger partial charge is 0.366 e. The Hall–Kier alpha value is -4.21. The smallest absolute Gasteiger partial charge is 0.274 e. The number of carbonyl (C=O) groups excluding carboxylic acids is 2. The Morgan fingerprint density at radius 3 is 2.48 bits per heavy atom. The summed E-state index contributed by atoms with van der Waals surface area (Å²) in [6.07, 6.45) is 0. The molecule has 0 radical (unpaired) electrons. The SMILES string of the molecule is Cc1nn(Cc2ccc(F)c(F)c2)c(C)c1NC(=O)c1cc(C(N)=O)c2c(F)cccc2n1. The minimum Gasteiger partial charge on any atom is -0.366 e. The van der Waals surface area contributed by atoms with E-state index in [9.17, 15) is 22.8 Å². The molecular formula is C23H18F3N5O2. The topological polar surface area (TPSA) is 103 Å². The van der Waals surface area contributed by atoms with E-state index in [0.717, 1.165) is 18.2 Å². The molecule has 2 amide bonds. The number of nitrogens with one attached hydrogen (secondary N) is 1. The zero-order chi connectivity index (χ0) is 23.9. The zero-order valence-electron chi connectivity index (χ0n) is 17.6. The molecule has 4 rings (SSSR count). The number of carbonyl (C=O) groups is 2. The molecule has 2 aromatic carbocycles. The van der Waals surface area contributed by atoms with E-state index in [0.29, 0.717) is 22.6 Å². The summed E-state index contributed by atoms with van der Waals surface area (Å²) in [4.78, 5) is 28.9. The molecule has 0 atom stereocenters. The Labute approximate surface area is 186 Å². The Bertz CT molecular complexity index is 1430. The fraction of sp³-hybridized carbons (Fsp3) is 0.130. The molecule has 33 heavy (non-hydrogen) atoms. The molecular weight excluding hydrogens is 435 g/mol. The van der Waals surface area contributed by atoms with Crippen LogP contribution in [0.1, 0.15) is 37.8 Å². The molecule has 0 saturated carbocycles. The summed E-state index contributed by atoms with van der Waals surface area (Å²) in [7, 11) is 0. The maximum absolute atomic E-state index is 14.2. The monoisotopic (exact) mass is 453 g/mol. The number of benzene rings is 2. The Balaban J connectivity index is 1.66. The predicted molar refractivity (Wildman–Crippen MR) is 115 cm³/mol. The van der Waals surface area contributed by atoms with E-state index in [2.05, 4.69) is 15.4 Å². The van der Waals surface area contributed by atoms with Gasteiger partial charge in [0, 0.05) is 5.39 Å². The quantitative estimate of drug-likeness (QED) is 0.479. The summed E-state index contributed by atoms with van der Waals surface area (Å²) in [6.45, 7) is 3.52. The van der Waals surface area contributed by atoms with Crippen molar-refractivity contribution in [3.63, 3.8) is 0 Å². The summed E-state index contributed by atoms with van der Waals surface area (Å²) in [5.41, 5.74) is 7.13. The van der Waals surface area contributed by atoms with E-state index in [4.69, 9.17) is 5.73 Å². The highest BCUT2D eigenvalue weighted by molar-refractivity contribution is 6.10. The van der Waals surface area contributed by atoms with Crippen molar-refractivity contribution in [1.82, 2.24) is 14.8 Å². The highest BCUT2D eigenvalue weighted by Gasteiger charge is 2.20. The van der Waals surface area contributed by atoms with Crippen molar-refractivity contribution in [3.05, 3.63) is 88.1 Å². The third-order valence-corrected chi connectivity index (χ3v) is 5.22. The molecule has 7 nitrogen and oxygen atoms in total. The van der Waals surface area contributed by atoms with Gasteiger partial charge in [-0.1, -0.05) is 12.1 Å². The molecule has 2 heterocycles. The zero-order valence-corrected chi connectivity index (χ0v) is 17.6. The molecule has 0 spiro atoms. The van der Waals surface area contributed by atoms with Crippen LogP contribution >= 0.6 is 0 Å². The highest BCUT2D eigenvalue weighted by atomic mass is 19.2. The lowest BCUT2D eigenvalue weighted by molar-refractivity contribution is 0.100. The minimum absolute atomic E-state index is 0.0618. The molecule has 3 N–H and O–H groups in total. The van der Waals surface area contributed by atoms with Gasteiger partial charge in [-0.2, -0.15) is 5.10 Å². The second kappa shape index (κ2) is 8.38. The molecule has 0 aliphatic rings. The second-order valence-electron chi connectivity index (χ2n) is 7.46. The van der Waals surface area contributed by atoms with E-state index in [1.807, 2.05) is 0 Å². The molecule has 0 fully saturated rings. The number of fused-ring (bicyclic) bond motifs is 1. The van der Waals surface area contributed by atoms with E-state index in [1.54, 1.807) is 13.8 Å². The molecule has 0 saturated heterocycles. The number of hydrogen-bond acceptors (Lipinski definition) is 4. The second-order valence-corrected chi connectivity index (χ2v) is 7.46. The van der Waals surface area contributed by atoms with Gasteiger partial charge in [0.15, 0.2) is 11.6 Å². The van der Waals surface area contributed by atoms with Gasteiger partial charge in [0.2, 0.25) is 5.91 Å². The van der Waals surface area contributed by atoms with Crippen molar-refractivity contribution in [3.8, 4) is 0 Å². The van der Waals surface area contributed by atoms with Gasteiger partial charge in [-0.3, -0.25) is 14.3 Å². The molecule has 2 aromatic heterocycles. The molecule has 0 aliphatic carbocycles. The van der Waals surface area contributed by atoms with Crippen LogP contribution in [0.4, 0.5) is 18.9 Å². The Morgan fingerprint density at radius 1 is 1.03 bits per heavy atom. The first-order chi connectivity index (χ1) is 15.7. The van der Waals surface area contributed by atoms with Gasteiger partial charge in [0.1, 0.15) is 11.5 Å². The molecule has 168 valence electrons. The van der Waals surface area contributed by atoms with Crippen molar-refractivity contribution in [2.45, 2.75) is 20.4 Å². The Kier molecular flexibility index (Phi) is 5.59. The number of halogens is 3. The summed E-state index contributed by atoms with van der Waals surface area (Å²) < 4.78 is 42.5. The van der Waals surface area contributed by atoms with Crippen molar-refractivity contribution >= 4 is 28.4 Å². The van der Waals surface area contributed by atoms with E-state index in [1.165, 1.54) is 28.9 Å². The van der Waals surface area contributed by atoms with Gasteiger partial charge < -0.3 is 11.1 Å². The average Bonchev–Trinajstić information content (AvgIpc) is 3.03. The number of amides is 2. The van der Waals surface area contributed by atoms with Gasteiger partial charge in [-0.05, 0) is 49.7 Å². The van der Waals surface area contributed by atoms with E-state index in [-0.39, 0.29) is 28.7 Å². The first-order valence-electron chi connectivity index (χ1n) is 9.84. The summed E-state index contributed by atoms with van der Waals surface area (Å²) in [5, 5.41) is 6.99. The molecule has 10 heteroatoms. The van der Waals surface area contributed by atoms with E-state index < -0.39 is 29.3 Å². The van der Waals surface area contributed by atoms with Gasteiger partial charge >= 0.3 is 0 Å². The normalized spacial score (nSPS) is 11.1. The minimum atomic E-state index is -0.966. The van der Waals surface area contributed by atoms with Gasteiger partial charge in [0.25, 0.3) is 5.91 Å². The maximum atomic E-state index is 14.2. The van der Waals surface area contributed by atoms with Crippen LogP contribution in [0.2, 0.25) is 0 Å². The van der Waals surface area contributed by atoms with Crippen LogP contribution in [0.3, 0.4) is 0 Å². The first-order valence-corrected chi connectivity index (χ1v) is 9.84. The lowest BCUT2D eigenvalue weighted by Gasteiger charge is -2.10. The number of primary amides is 1. The lowest BCUT2D eigenvalue weighted by atomic mass is 10.1. The number of nitrogens with zero attached hydrogens (tertiary/aromatic N) is 3. The average molecular weight is 453 g/mol. The predicted octanol–water partition coefficient (Wildman–Crippen LogP) is 3.86. The van der Waals surface area contributed by atoms with E-state index >= 15 is 0 Å². The number of nitrogens with two attached hydrogens (primary N) is 1. The maximum Gasteiger partial charge on any atom is 0.274 e. The van der Waals surface area contributed by atoms with Crippen molar-refractivity contribution in [1.29, 1.82) is 0 Å². The lowest BCUT2D eigenvalue weighted by Crippen LogP contribution is -2.18. The van der Waals surface area contributed by atoms with Gasteiger partial charge in [-0.25, -0.2) is 18.2 Å². The number of anilines is 1. The summed E-state index contributed by atoms with van der Waals surface area (Å²) in [6, 6.07) is 8.74. The van der Waals surface area contributed by atoms with Crippen molar-refractivity contribution < 1.29 is 22.8 Å². The van der Waals surface area contributed by atoms with Crippen molar-refractivity contribution in [2.24, 2.45) is 5.73 Å². The van der Waals surface area contributed by atoms with Gasteiger partial charge in [-0.15, -0.1) is 0 Å². The Morgan fingerprint density at radius 2 is 1.79 bits per heavy atom. The molecule has 0 aliphatic heterocycles. The third kappa shape index (κ3) is 4.14. The van der Waals surface area contributed by atoms with Crippen LogP contribution in [-0.4, -0.2) is 26.6 Å². The van der Waals surface area contributed by atoms with Crippen LogP contribution in [0.5, 0.6) is 0 Å². The number of rotatable bonds is 5. The molecule has 4 aromatic rings. The fourth-order valence-electron chi connectivity index (χ4n) is 3.57. The number of aromatic nitrogens is 3. The summed E-state index contributed by atoms with van der Waals surface area (Å²) in [5.74, 6) is -4.13. The van der Waals surface area contributed by atoms with Crippen LogP contribution in [0.15, 0.2) is 42.5 Å². The fourth-order valence-corrected chi connectivity index (χ4v) is 3.57.